The van der Waals surface area contributed by atoms with E-state index in [9.17, 15) is 8.78 Å². The van der Waals surface area contributed by atoms with Gasteiger partial charge in [0.25, 0.3) is 5.88 Å². The summed E-state index contributed by atoms with van der Waals surface area (Å²) in [6.07, 6.45) is 0. The Kier molecular flexibility index (Phi) is 4.39. The van der Waals surface area contributed by atoms with Gasteiger partial charge in [-0.3, -0.25) is 0 Å². The molecule has 0 aliphatic carbocycles. The Morgan fingerprint density at radius 2 is 2.12 bits per heavy atom. The van der Waals surface area contributed by atoms with Gasteiger partial charge in [-0.2, -0.15) is 4.98 Å². The fraction of sp³-hybridized carbons (Fsp3) is 0.444. The van der Waals surface area contributed by atoms with E-state index in [1.807, 2.05) is 24.4 Å². The fourth-order valence-corrected chi connectivity index (χ4v) is 0.977. The van der Waals surface area contributed by atoms with E-state index in [4.69, 9.17) is 10.6 Å². The third-order valence-electron chi connectivity index (χ3n) is 1.81. The number of nitrogens with two attached hydrogens (primary N) is 1. The standard InChI is InChI=1S/C9H14F2N4O/c1-15(2)3-4-16-9-7(11)5-6(10)8(13-9)14-12/h5H,3-4,12H2,1-2H3,(H,13,14). The van der Waals surface area contributed by atoms with Gasteiger partial charge in [0.1, 0.15) is 6.61 Å². The maximum atomic E-state index is 13.2. The zero-order valence-electron chi connectivity index (χ0n) is 9.13. The summed E-state index contributed by atoms with van der Waals surface area (Å²) in [5.74, 6) is 2.78. The van der Waals surface area contributed by atoms with Crippen LogP contribution in [0.4, 0.5) is 14.6 Å². The SMILES string of the molecule is CN(C)CCOc1nc(NN)c(F)cc1F. The van der Waals surface area contributed by atoms with Crippen LogP contribution in [0, 0.1) is 11.6 Å². The lowest BCUT2D eigenvalue weighted by molar-refractivity contribution is 0.243. The zero-order chi connectivity index (χ0) is 12.1. The highest BCUT2D eigenvalue weighted by Crippen LogP contribution is 2.19. The molecule has 1 rings (SSSR count). The van der Waals surface area contributed by atoms with Crippen molar-refractivity contribution in [3.63, 3.8) is 0 Å². The summed E-state index contributed by atoms with van der Waals surface area (Å²) in [5, 5.41) is 0. The van der Waals surface area contributed by atoms with E-state index < -0.39 is 11.6 Å². The first kappa shape index (κ1) is 12.6. The maximum Gasteiger partial charge on any atom is 0.252 e. The number of anilines is 1. The lowest BCUT2D eigenvalue weighted by Gasteiger charge is -2.11. The average molecular weight is 232 g/mol. The Morgan fingerprint density at radius 3 is 2.69 bits per heavy atom. The first-order valence-corrected chi connectivity index (χ1v) is 4.64. The van der Waals surface area contributed by atoms with Gasteiger partial charge >= 0.3 is 0 Å². The van der Waals surface area contributed by atoms with Crippen LogP contribution in [-0.2, 0) is 0 Å². The van der Waals surface area contributed by atoms with Gasteiger partial charge in [-0.05, 0) is 14.1 Å². The second kappa shape index (κ2) is 5.57. The van der Waals surface area contributed by atoms with Crippen LogP contribution < -0.4 is 16.0 Å². The van der Waals surface area contributed by atoms with Crippen molar-refractivity contribution < 1.29 is 13.5 Å². The third-order valence-corrected chi connectivity index (χ3v) is 1.81. The number of rotatable bonds is 5. The van der Waals surface area contributed by atoms with E-state index in [1.165, 1.54) is 0 Å². The Morgan fingerprint density at radius 1 is 1.44 bits per heavy atom. The summed E-state index contributed by atoms with van der Waals surface area (Å²) in [6, 6.07) is 0.674. The Balaban J connectivity index is 2.72. The first-order chi connectivity index (χ1) is 7.54. The van der Waals surface area contributed by atoms with Gasteiger partial charge < -0.3 is 15.1 Å². The molecule has 0 aromatic carbocycles. The van der Waals surface area contributed by atoms with Crippen molar-refractivity contribution in [1.29, 1.82) is 0 Å². The number of aromatic nitrogens is 1. The van der Waals surface area contributed by atoms with Gasteiger partial charge in [0.15, 0.2) is 17.5 Å². The molecule has 1 aromatic heterocycles. The van der Waals surface area contributed by atoms with E-state index in [2.05, 4.69) is 4.98 Å². The molecule has 7 heteroatoms. The molecule has 0 spiro atoms. The summed E-state index contributed by atoms with van der Waals surface area (Å²) in [6.45, 7) is 0.858. The van der Waals surface area contributed by atoms with Crippen molar-refractivity contribution in [2.75, 3.05) is 32.7 Å². The van der Waals surface area contributed by atoms with Crippen molar-refractivity contribution in [3.8, 4) is 5.88 Å². The smallest absolute Gasteiger partial charge is 0.252 e. The molecule has 0 bridgehead atoms. The molecule has 0 radical (unpaired) electrons. The molecule has 0 saturated heterocycles. The minimum atomic E-state index is -0.861. The van der Waals surface area contributed by atoms with Crippen molar-refractivity contribution >= 4 is 5.82 Å². The van der Waals surface area contributed by atoms with Gasteiger partial charge in [-0.25, -0.2) is 14.6 Å². The molecule has 1 heterocycles. The third kappa shape index (κ3) is 3.28. The number of ether oxygens (including phenoxy) is 1. The number of likely N-dealkylation sites (N-methyl/N-ethyl adjacent to an activating group) is 1. The molecular formula is C9H14F2N4O. The Bertz CT molecular complexity index is 360. The molecule has 1 aromatic rings. The molecule has 0 aliphatic heterocycles. The molecule has 0 unspecified atom stereocenters. The van der Waals surface area contributed by atoms with Crippen LogP contribution in [0.3, 0.4) is 0 Å². The minimum Gasteiger partial charge on any atom is -0.474 e. The highest BCUT2D eigenvalue weighted by Gasteiger charge is 2.12. The summed E-state index contributed by atoms with van der Waals surface area (Å²) >= 11 is 0. The van der Waals surface area contributed by atoms with Crippen LogP contribution >= 0.6 is 0 Å². The number of nitrogens with zero attached hydrogens (tertiary/aromatic N) is 2. The molecule has 0 fully saturated rings. The van der Waals surface area contributed by atoms with Crippen molar-refractivity contribution in [1.82, 2.24) is 9.88 Å². The molecule has 16 heavy (non-hydrogen) atoms. The second-order valence-electron chi connectivity index (χ2n) is 3.40. The summed E-state index contributed by atoms with van der Waals surface area (Å²) in [5.41, 5.74) is 2.02. The monoisotopic (exact) mass is 232 g/mol. The van der Waals surface area contributed by atoms with Crippen molar-refractivity contribution in [2.24, 2.45) is 5.84 Å². The van der Waals surface area contributed by atoms with Gasteiger partial charge in [-0.1, -0.05) is 0 Å². The molecule has 0 aliphatic rings. The van der Waals surface area contributed by atoms with E-state index in [0.717, 1.165) is 0 Å². The van der Waals surface area contributed by atoms with Crippen LogP contribution in [0.2, 0.25) is 0 Å². The molecule has 0 amide bonds. The quantitative estimate of drug-likeness (QED) is 0.574. The van der Waals surface area contributed by atoms with Crippen LogP contribution in [0.25, 0.3) is 0 Å². The van der Waals surface area contributed by atoms with E-state index in [-0.39, 0.29) is 18.3 Å². The first-order valence-electron chi connectivity index (χ1n) is 4.64. The number of hydrazine groups is 1. The minimum absolute atomic E-state index is 0.249. The van der Waals surface area contributed by atoms with Crippen LogP contribution in [0.15, 0.2) is 6.07 Å². The molecule has 5 nitrogen and oxygen atoms in total. The van der Waals surface area contributed by atoms with Crippen LogP contribution in [-0.4, -0.2) is 37.1 Å². The number of pyridine rings is 1. The molecule has 3 N–H and O–H groups in total. The number of nitrogen functional groups attached to an aromatic ring is 1. The highest BCUT2D eigenvalue weighted by atomic mass is 19.1. The summed E-state index contributed by atoms with van der Waals surface area (Å²) < 4.78 is 31.2. The van der Waals surface area contributed by atoms with E-state index in [1.54, 1.807) is 0 Å². The van der Waals surface area contributed by atoms with Crippen LogP contribution in [0.1, 0.15) is 0 Å². The Hall–Kier alpha value is -1.47. The van der Waals surface area contributed by atoms with Gasteiger partial charge in [-0.15, -0.1) is 0 Å². The summed E-state index contributed by atoms with van der Waals surface area (Å²) in [7, 11) is 3.70. The normalized spacial score (nSPS) is 10.6. The zero-order valence-corrected chi connectivity index (χ0v) is 9.13. The predicted octanol–water partition coefficient (Wildman–Crippen LogP) is 0.586. The number of hydrogen-bond donors (Lipinski definition) is 2. The van der Waals surface area contributed by atoms with Crippen LogP contribution in [0.5, 0.6) is 5.88 Å². The van der Waals surface area contributed by atoms with E-state index in [0.29, 0.717) is 12.6 Å². The van der Waals surface area contributed by atoms with E-state index >= 15 is 0 Å². The average Bonchev–Trinajstić information content (AvgIpc) is 2.20. The molecular weight excluding hydrogens is 218 g/mol. The highest BCUT2D eigenvalue weighted by molar-refractivity contribution is 5.38. The topological polar surface area (TPSA) is 63.4 Å². The molecule has 90 valence electrons. The van der Waals surface area contributed by atoms with Crippen molar-refractivity contribution in [2.45, 2.75) is 0 Å². The maximum absolute atomic E-state index is 13.2. The van der Waals surface area contributed by atoms with Crippen molar-refractivity contribution in [3.05, 3.63) is 17.7 Å². The van der Waals surface area contributed by atoms with Gasteiger partial charge in [0, 0.05) is 12.6 Å². The predicted molar refractivity (Wildman–Crippen MR) is 56.0 cm³/mol. The fourth-order valence-electron chi connectivity index (χ4n) is 0.977. The molecule has 0 saturated carbocycles. The largest absolute Gasteiger partial charge is 0.474 e. The molecule has 0 atom stereocenters. The summed E-state index contributed by atoms with van der Waals surface area (Å²) in [4.78, 5) is 5.42. The number of nitrogens with one attached hydrogen (secondary N) is 1. The lowest BCUT2D eigenvalue weighted by Crippen LogP contribution is -2.20. The Labute approximate surface area is 92.2 Å². The lowest BCUT2D eigenvalue weighted by atomic mass is 10.4. The number of halogens is 2. The second-order valence-corrected chi connectivity index (χ2v) is 3.40. The van der Waals surface area contributed by atoms with Gasteiger partial charge in [0.2, 0.25) is 0 Å². The number of hydrogen-bond acceptors (Lipinski definition) is 5. The van der Waals surface area contributed by atoms with Gasteiger partial charge in [0.05, 0.1) is 0 Å².